The van der Waals surface area contributed by atoms with Gasteiger partial charge >= 0.3 is 0 Å². The highest BCUT2D eigenvalue weighted by atomic mass is 32.1. The van der Waals surface area contributed by atoms with Crippen LogP contribution < -0.4 is 5.32 Å². The first-order valence-corrected chi connectivity index (χ1v) is 9.17. The summed E-state index contributed by atoms with van der Waals surface area (Å²) in [7, 11) is 0. The number of thiophene rings is 1. The van der Waals surface area contributed by atoms with E-state index in [0.29, 0.717) is 0 Å². The first-order chi connectivity index (χ1) is 11.2. The van der Waals surface area contributed by atoms with Crippen LogP contribution in [0.3, 0.4) is 0 Å². The lowest BCUT2D eigenvalue weighted by atomic mass is 9.91. The molecule has 23 heavy (non-hydrogen) atoms. The predicted octanol–water partition coefficient (Wildman–Crippen LogP) is 3.81. The summed E-state index contributed by atoms with van der Waals surface area (Å²) in [6.45, 7) is 2.85. The Morgan fingerprint density at radius 1 is 1.30 bits per heavy atom. The van der Waals surface area contributed by atoms with Gasteiger partial charge in [0.1, 0.15) is 0 Å². The number of hydrogen-bond acceptors (Lipinski definition) is 3. The number of carbonyl (C=O) groups is 1. The maximum Gasteiger partial charge on any atom is 0.261 e. The van der Waals surface area contributed by atoms with Gasteiger partial charge in [-0.1, -0.05) is 24.3 Å². The SMILES string of the molecule is C[C@H](NC(=O)c1cc2c(s1)-c1ccccc1CC2)[C@H]1CCCO1. The van der Waals surface area contributed by atoms with Gasteiger partial charge in [-0.3, -0.25) is 4.79 Å². The average molecular weight is 327 g/mol. The van der Waals surface area contributed by atoms with Gasteiger partial charge in [-0.25, -0.2) is 0 Å². The molecule has 1 N–H and O–H groups in total. The lowest BCUT2D eigenvalue weighted by Gasteiger charge is -2.19. The highest BCUT2D eigenvalue weighted by molar-refractivity contribution is 7.17. The minimum atomic E-state index is 0.0323. The van der Waals surface area contributed by atoms with Crippen LogP contribution in [0.2, 0.25) is 0 Å². The Morgan fingerprint density at radius 3 is 2.96 bits per heavy atom. The summed E-state index contributed by atoms with van der Waals surface area (Å²) in [5.74, 6) is 0.0323. The van der Waals surface area contributed by atoms with Crippen LogP contribution in [0.15, 0.2) is 30.3 Å². The molecule has 2 atom stereocenters. The fourth-order valence-corrected chi connectivity index (χ4v) is 4.73. The van der Waals surface area contributed by atoms with Crippen LogP contribution in [-0.2, 0) is 17.6 Å². The Bertz CT molecular complexity index is 731. The Hall–Kier alpha value is -1.65. The summed E-state index contributed by atoms with van der Waals surface area (Å²) in [4.78, 5) is 14.7. The first kappa shape index (κ1) is 14.9. The Labute approximate surface area is 140 Å². The minimum absolute atomic E-state index is 0.0323. The molecule has 0 unspecified atom stereocenters. The van der Waals surface area contributed by atoms with E-state index < -0.39 is 0 Å². The monoisotopic (exact) mass is 327 g/mol. The number of amides is 1. The molecule has 3 nitrogen and oxygen atoms in total. The molecule has 0 radical (unpaired) electrons. The fourth-order valence-electron chi connectivity index (χ4n) is 3.55. The molecule has 2 aliphatic rings. The summed E-state index contributed by atoms with van der Waals surface area (Å²) in [5, 5.41) is 3.12. The third-order valence-electron chi connectivity index (χ3n) is 4.84. The number of hydrogen-bond donors (Lipinski definition) is 1. The third kappa shape index (κ3) is 2.81. The Balaban J connectivity index is 1.55. The fraction of sp³-hybridized carbons (Fsp3) is 0.421. The molecule has 2 heterocycles. The molecule has 120 valence electrons. The van der Waals surface area contributed by atoms with Crippen LogP contribution in [0.4, 0.5) is 0 Å². The van der Waals surface area contributed by atoms with Gasteiger partial charge in [-0.05, 0) is 55.4 Å². The van der Waals surface area contributed by atoms with E-state index in [2.05, 4.69) is 35.6 Å². The zero-order valence-electron chi connectivity index (χ0n) is 13.3. The maximum absolute atomic E-state index is 12.6. The Kier molecular flexibility index (Phi) is 3.95. The van der Waals surface area contributed by atoms with Gasteiger partial charge < -0.3 is 10.1 Å². The minimum Gasteiger partial charge on any atom is -0.376 e. The summed E-state index contributed by atoms with van der Waals surface area (Å²) in [6, 6.07) is 10.7. The van der Waals surface area contributed by atoms with Crippen molar-refractivity contribution in [3.63, 3.8) is 0 Å². The van der Waals surface area contributed by atoms with Crippen molar-refractivity contribution in [2.75, 3.05) is 6.61 Å². The average Bonchev–Trinajstić information content (AvgIpc) is 3.24. The highest BCUT2D eigenvalue weighted by Gasteiger charge is 2.26. The molecule has 0 saturated carbocycles. The molecular formula is C19H21NO2S. The molecule has 1 amide bonds. The second-order valence-corrected chi connectivity index (χ2v) is 7.49. The zero-order chi connectivity index (χ0) is 15.8. The van der Waals surface area contributed by atoms with E-state index in [1.165, 1.54) is 21.6 Å². The van der Waals surface area contributed by atoms with Crippen molar-refractivity contribution in [2.24, 2.45) is 0 Å². The maximum atomic E-state index is 12.6. The van der Waals surface area contributed by atoms with Crippen LogP contribution in [0.1, 0.15) is 40.6 Å². The number of carbonyl (C=O) groups excluding carboxylic acids is 1. The summed E-state index contributed by atoms with van der Waals surface area (Å²) < 4.78 is 5.67. The third-order valence-corrected chi connectivity index (χ3v) is 6.05. The van der Waals surface area contributed by atoms with Crippen molar-refractivity contribution >= 4 is 17.2 Å². The van der Waals surface area contributed by atoms with Crippen molar-refractivity contribution in [1.29, 1.82) is 0 Å². The predicted molar refractivity (Wildman–Crippen MR) is 93.1 cm³/mol. The van der Waals surface area contributed by atoms with E-state index in [1.54, 1.807) is 11.3 Å². The molecule has 4 rings (SSSR count). The van der Waals surface area contributed by atoms with E-state index >= 15 is 0 Å². The van der Waals surface area contributed by atoms with E-state index in [9.17, 15) is 4.79 Å². The van der Waals surface area contributed by atoms with Gasteiger partial charge in [-0.2, -0.15) is 0 Å². The smallest absolute Gasteiger partial charge is 0.261 e. The topological polar surface area (TPSA) is 38.3 Å². The molecule has 1 fully saturated rings. The normalized spacial score (nSPS) is 20.7. The summed E-state index contributed by atoms with van der Waals surface area (Å²) in [5.41, 5.74) is 4.00. The van der Waals surface area contributed by atoms with Gasteiger partial charge in [0, 0.05) is 11.5 Å². The molecule has 0 spiro atoms. The van der Waals surface area contributed by atoms with Crippen LogP contribution >= 0.6 is 11.3 Å². The molecular weight excluding hydrogens is 306 g/mol. The van der Waals surface area contributed by atoms with E-state index in [1.807, 2.05) is 6.92 Å². The summed E-state index contributed by atoms with van der Waals surface area (Å²) >= 11 is 1.62. The van der Waals surface area contributed by atoms with Crippen molar-refractivity contribution in [2.45, 2.75) is 44.8 Å². The molecule has 0 bridgehead atoms. The van der Waals surface area contributed by atoms with E-state index in [4.69, 9.17) is 4.74 Å². The summed E-state index contributed by atoms with van der Waals surface area (Å²) in [6.07, 6.45) is 4.38. The van der Waals surface area contributed by atoms with Crippen LogP contribution in [0.5, 0.6) is 0 Å². The van der Waals surface area contributed by atoms with Crippen LogP contribution in [0.25, 0.3) is 10.4 Å². The zero-order valence-corrected chi connectivity index (χ0v) is 14.1. The second kappa shape index (κ2) is 6.10. The number of nitrogens with one attached hydrogen (secondary N) is 1. The van der Waals surface area contributed by atoms with Crippen LogP contribution in [0, 0.1) is 0 Å². The lowest BCUT2D eigenvalue weighted by molar-refractivity contribution is 0.0714. The lowest BCUT2D eigenvalue weighted by Crippen LogP contribution is -2.40. The quantitative estimate of drug-likeness (QED) is 0.931. The Morgan fingerprint density at radius 2 is 2.13 bits per heavy atom. The molecule has 1 aromatic heterocycles. The number of ether oxygens (including phenoxy) is 1. The van der Waals surface area contributed by atoms with E-state index in [0.717, 1.165) is 37.2 Å². The van der Waals surface area contributed by atoms with Gasteiger partial charge in [-0.15, -0.1) is 11.3 Å². The standard InChI is InChI=1S/C19H21NO2S/c1-12(16-7-4-10-22-16)20-19(21)17-11-14-9-8-13-5-2-3-6-15(13)18(14)23-17/h2-3,5-6,11-12,16H,4,7-10H2,1H3,(H,20,21)/t12-,16+/m0/s1. The van der Waals surface area contributed by atoms with Gasteiger partial charge in [0.05, 0.1) is 17.0 Å². The molecule has 1 aromatic carbocycles. The van der Waals surface area contributed by atoms with Crippen LogP contribution in [-0.4, -0.2) is 24.7 Å². The van der Waals surface area contributed by atoms with Crippen molar-refractivity contribution in [1.82, 2.24) is 5.32 Å². The largest absolute Gasteiger partial charge is 0.376 e. The molecule has 1 aliphatic carbocycles. The second-order valence-electron chi connectivity index (χ2n) is 6.44. The number of fused-ring (bicyclic) bond motifs is 3. The highest BCUT2D eigenvalue weighted by Crippen LogP contribution is 2.39. The number of rotatable bonds is 3. The van der Waals surface area contributed by atoms with Gasteiger partial charge in [0.2, 0.25) is 0 Å². The van der Waals surface area contributed by atoms with Gasteiger partial charge in [0.25, 0.3) is 5.91 Å². The van der Waals surface area contributed by atoms with E-state index in [-0.39, 0.29) is 18.1 Å². The van der Waals surface area contributed by atoms with Gasteiger partial charge in [0.15, 0.2) is 0 Å². The van der Waals surface area contributed by atoms with Crippen molar-refractivity contribution < 1.29 is 9.53 Å². The molecule has 1 aliphatic heterocycles. The molecule has 2 aromatic rings. The van der Waals surface area contributed by atoms with Crippen molar-refractivity contribution in [3.05, 3.63) is 46.3 Å². The van der Waals surface area contributed by atoms with Crippen molar-refractivity contribution in [3.8, 4) is 10.4 Å². The number of aryl methyl sites for hydroxylation is 2. The molecule has 1 saturated heterocycles. The first-order valence-electron chi connectivity index (χ1n) is 8.36. The number of benzene rings is 1. The molecule has 4 heteroatoms.